The summed E-state index contributed by atoms with van der Waals surface area (Å²) in [6.45, 7) is 3.77. The Morgan fingerprint density at radius 1 is 1.29 bits per heavy atom. The highest BCUT2D eigenvalue weighted by atomic mass is 16.5. The number of hydrogen-bond acceptors (Lipinski definition) is 5. The minimum absolute atomic E-state index is 0.266. The van der Waals surface area contributed by atoms with Crippen molar-refractivity contribution in [3.8, 4) is 0 Å². The molecule has 21 heavy (non-hydrogen) atoms. The molecule has 0 bridgehead atoms. The number of ether oxygens (including phenoxy) is 2. The molecule has 1 heterocycles. The van der Waals surface area contributed by atoms with Crippen molar-refractivity contribution in [3.05, 3.63) is 35.4 Å². The lowest BCUT2D eigenvalue weighted by Crippen LogP contribution is -2.61. The summed E-state index contributed by atoms with van der Waals surface area (Å²) in [5, 5.41) is 8.61. The molecule has 0 aliphatic carbocycles. The number of aliphatic carboxylic acids is 1. The van der Waals surface area contributed by atoms with Crippen LogP contribution in [-0.4, -0.2) is 54.4 Å². The quantitative estimate of drug-likeness (QED) is 0.793. The highest BCUT2D eigenvalue weighted by Crippen LogP contribution is 2.26. The number of hydrogen-bond donors (Lipinski definition) is 1. The van der Waals surface area contributed by atoms with Gasteiger partial charge in [0.2, 0.25) is 0 Å². The third kappa shape index (κ3) is 4.03. The Morgan fingerprint density at radius 2 is 1.90 bits per heavy atom. The Morgan fingerprint density at radius 3 is 2.43 bits per heavy atom. The van der Waals surface area contributed by atoms with Crippen molar-refractivity contribution >= 4 is 11.9 Å². The van der Waals surface area contributed by atoms with E-state index in [1.54, 1.807) is 12.1 Å². The third-order valence-corrected chi connectivity index (χ3v) is 3.44. The first-order chi connectivity index (χ1) is 9.92. The Bertz CT molecular complexity index is 519. The number of nitrogens with zero attached hydrogens (tertiary/aromatic N) is 1. The van der Waals surface area contributed by atoms with Gasteiger partial charge >= 0.3 is 11.9 Å². The predicted molar refractivity (Wildman–Crippen MR) is 75.1 cm³/mol. The first kappa shape index (κ1) is 15.5. The van der Waals surface area contributed by atoms with Gasteiger partial charge < -0.3 is 14.6 Å². The minimum Gasteiger partial charge on any atom is -0.480 e. The zero-order valence-electron chi connectivity index (χ0n) is 12.2. The number of carbonyl (C=O) groups excluding carboxylic acids is 1. The van der Waals surface area contributed by atoms with E-state index < -0.39 is 5.97 Å². The van der Waals surface area contributed by atoms with Gasteiger partial charge in [-0.15, -0.1) is 0 Å². The fraction of sp³-hybridized carbons (Fsp3) is 0.467. The molecular weight excluding hydrogens is 274 g/mol. The smallest absolute Gasteiger partial charge is 0.337 e. The first-order valence-electron chi connectivity index (χ1n) is 6.67. The molecule has 1 N–H and O–H groups in total. The maximum Gasteiger partial charge on any atom is 0.337 e. The number of rotatable bonds is 6. The van der Waals surface area contributed by atoms with Gasteiger partial charge in [0.1, 0.15) is 6.61 Å². The summed E-state index contributed by atoms with van der Waals surface area (Å²) in [5.41, 5.74) is 1.23. The molecule has 0 saturated carbocycles. The SMILES string of the molecule is COC(=O)c1ccc(CN2CC(C)(OCC(=O)O)C2)cc1. The van der Waals surface area contributed by atoms with Crippen molar-refractivity contribution < 1.29 is 24.2 Å². The van der Waals surface area contributed by atoms with Crippen LogP contribution >= 0.6 is 0 Å². The van der Waals surface area contributed by atoms with Crippen LogP contribution < -0.4 is 0 Å². The van der Waals surface area contributed by atoms with E-state index in [9.17, 15) is 9.59 Å². The molecule has 1 aliphatic rings. The molecule has 1 saturated heterocycles. The average Bonchev–Trinajstić information content (AvgIpc) is 2.43. The molecule has 1 aliphatic heterocycles. The lowest BCUT2D eigenvalue weighted by atomic mass is 9.95. The number of carbonyl (C=O) groups is 2. The second-order valence-electron chi connectivity index (χ2n) is 5.47. The van der Waals surface area contributed by atoms with E-state index in [-0.39, 0.29) is 18.2 Å². The molecule has 0 unspecified atom stereocenters. The molecule has 1 aromatic carbocycles. The minimum atomic E-state index is -0.951. The molecule has 1 fully saturated rings. The number of likely N-dealkylation sites (tertiary alicyclic amines) is 1. The topological polar surface area (TPSA) is 76.1 Å². The van der Waals surface area contributed by atoms with Crippen LogP contribution in [0.25, 0.3) is 0 Å². The summed E-state index contributed by atoms with van der Waals surface area (Å²) in [6, 6.07) is 7.25. The summed E-state index contributed by atoms with van der Waals surface area (Å²) < 4.78 is 10.0. The number of benzene rings is 1. The van der Waals surface area contributed by atoms with E-state index in [1.165, 1.54) is 7.11 Å². The molecule has 6 heteroatoms. The summed E-state index contributed by atoms with van der Waals surface area (Å²) in [5.74, 6) is -1.30. The van der Waals surface area contributed by atoms with Gasteiger partial charge in [0.15, 0.2) is 0 Å². The molecular formula is C15H19NO5. The van der Waals surface area contributed by atoms with Gasteiger partial charge in [-0.3, -0.25) is 4.90 Å². The number of carboxylic acid groups (broad SMARTS) is 1. The van der Waals surface area contributed by atoms with Gasteiger partial charge in [-0.05, 0) is 24.6 Å². The Labute approximate surface area is 123 Å². The van der Waals surface area contributed by atoms with Gasteiger partial charge in [-0.25, -0.2) is 9.59 Å². The largest absolute Gasteiger partial charge is 0.480 e. The van der Waals surface area contributed by atoms with Crippen LogP contribution in [0.2, 0.25) is 0 Å². The van der Waals surface area contributed by atoms with E-state index in [4.69, 9.17) is 9.84 Å². The van der Waals surface area contributed by atoms with Gasteiger partial charge in [0.05, 0.1) is 18.3 Å². The zero-order valence-corrected chi connectivity index (χ0v) is 12.2. The van der Waals surface area contributed by atoms with Crippen molar-refractivity contribution in [2.24, 2.45) is 0 Å². The van der Waals surface area contributed by atoms with Gasteiger partial charge in [0.25, 0.3) is 0 Å². The first-order valence-corrected chi connectivity index (χ1v) is 6.67. The van der Waals surface area contributed by atoms with E-state index in [0.717, 1.165) is 12.1 Å². The van der Waals surface area contributed by atoms with Gasteiger partial charge in [-0.1, -0.05) is 12.1 Å². The maximum absolute atomic E-state index is 11.3. The maximum atomic E-state index is 11.3. The lowest BCUT2D eigenvalue weighted by Gasteiger charge is -2.47. The Kier molecular flexibility index (Phi) is 4.59. The monoisotopic (exact) mass is 293 g/mol. The third-order valence-electron chi connectivity index (χ3n) is 3.44. The normalized spacial score (nSPS) is 17.0. The van der Waals surface area contributed by atoms with Crippen LogP contribution in [0.1, 0.15) is 22.8 Å². The second-order valence-corrected chi connectivity index (χ2v) is 5.47. The molecule has 6 nitrogen and oxygen atoms in total. The molecule has 0 atom stereocenters. The molecule has 2 rings (SSSR count). The van der Waals surface area contributed by atoms with Crippen LogP contribution in [-0.2, 0) is 20.8 Å². The predicted octanol–water partition coefficient (Wildman–Crippen LogP) is 1.15. The summed E-state index contributed by atoms with van der Waals surface area (Å²) >= 11 is 0. The average molecular weight is 293 g/mol. The molecule has 0 radical (unpaired) electrons. The van der Waals surface area contributed by atoms with E-state index in [0.29, 0.717) is 18.7 Å². The van der Waals surface area contributed by atoms with Crippen LogP contribution in [0.5, 0.6) is 0 Å². The van der Waals surface area contributed by atoms with Crippen LogP contribution in [0.4, 0.5) is 0 Å². The molecule has 0 spiro atoms. The number of esters is 1. The zero-order chi connectivity index (χ0) is 15.5. The molecule has 0 aromatic heterocycles. The molecule has 0 amide bonds. The number of methoxy groups -OCH3 is 1. The van der Waals surface area contributed by atoms with Crippen molar-refractivity contribution in [1.29, 1.82) is 0 Å². The van der Waals surface area contributed by atoms with Crippen molar-refractivity contribution in [1.82, 2.24) is 4.90 Å². The summed E-state index contributed by atoms with van der Waals surface area (Å²) in [6.07, 6.45) is 0. The van der Waals surface area contributed by atoms with Crippen LogP contribution in [0.15, 0.2) is 24.3 Å². The molecule has 1 aromatic rings. The molecule has 114 valence electrons. The van der Waals surface area contributed by atoms with Gasteiger partial charge in [0, 0.05) is 19.6 Å². The van der Waals surface area contributed by atoms with Crippen molar-refractivity contribution in [3.63, 3.8) is 0 Å². The Hall–Kier alpha value is -1.92. The Balaban J connectivity index is 1.82. The highest BCUT2D eigenvalue weighted by Gasteiger charge is 2.39. The van der Waals surface area contributed by atoms with E-state index >= 15 is 0 Å². The van der Waals surface area contributed by atoms with Crippen molar-refractivity contribution in [2.75, 3.05) is 26.8 Å². The van der Waals surface area contributed by atoms with Crippen LogP contribution in [0, 0.1) is 0 Å². The lowest BCUT2D eigenvalue weighted by molar-refractivity contribution is -0.165. The second kappa shape index (κ2) is 6.24. The standard InChI is InChI=1S/C15H19NO5/c1-15(21-8-13(17)18)9-16(10-15)7-11-3-5-12(6-4-11)14(19)20-2/h3-6H,7-10H2,1-2H3,(H,17,18). The van der Waals surface area contributed by atoms with Crippen LogP contribution in [0.3, 0.4) is 0 Å². The van der Waals surface area contributed by atoms with Crippen molar-refractivity contribution in [2.45, 2.75) is 19.1 Å². The highest BCUT2D eigenvalue weighted by molar-refractivity contribution is 5.89. The van der Waals surface area contributed by atoms with Gasteiger partial charge in [-0.2, -0.15) is 0 Å². The fourth-order valence-electron chi connectivity index (χ4n) is 2.46. The van der Waals surface area contributed by atoms with E-state index in [1.807, 2.05) is 19.1 Å². The summed E-state index contributed by atoms with van der Waals surface area (Å²) in [7, 11) is 1.36. The number of carboxylic acids is 1. The summed E-state index contributed by atoms with van der Waals surface area (Å²) in [4.78, 5) is 24.0. The fourth-order valence-corrected chi connectivity index (χ4v) is 2.46. The van der Waals surface area contributed by atoms with E-state index in [2.05, 4.69) is 9.64 Å².